The summed E-state index contributed by atoms with van der Waals surface area (Å²) < 4.78 is 0. The molecule has 30 heavy (non-hydrogen) atoms. The van der Waals surface area contributed by atoms with E-state index in [0.29, 0.717) is 38.3 Å². The average Bonchev–Trinajstić information content (AvgIpc) is 3.17. The number of non-ortho nitro benzene ring substituents is 1. The van der Waals surface area contributed by atoms with Crippen LogP contribution in [0, 0.1) is 10.1 Å². The highest BCUT2D eigenvalue weighted by Gasteiger charge is 2.22. The van der Waals surface area contributed by atoms with Crippen LogP contribution in [0.15, 0.2) is 67.3 Å². The van der Waals surface area contributed by atoms with Gasteiger partial charge in [-0.3, -0.25) is 20.1 Å². The number of nitrogens with zero attached hydrogens (tertiary/aromatic N) is 6. The van der Waals surface area contributed by atoms with Crippen LogP contribution in [-0.2, 0) is 0 Å². The van der Waals surface area contributed by atoms with Crippen LogP contribution in [0.1, 0.15) is 0 Å². The molecule has 0 saturated carbocycles. The van der Waals surface area contributed by atoms with Crippen molar-refractivity contribution in [3.8, 4) is 22.5 Å². The molecule has 3 aromatic heterocycles. The van der Waals surface area contributed by atoms with Gasteiger partial charge in [0, 0.05) is 40.0 Å². The van der Waals surface area contributed by atoms with Gasteiger partial charge in [-0.1, -0.05) is 29.8 Å². The molecule has 5 aromatic rings. The van der Waals surface area contributed by atoms with E-state index >= 15 is 0 Å². The smallest absolute Gasteiger partial charge is 0.264 e. The first-order valence-electron chi connectivity index (χ1n) is 8.88. The summed E-state index contributed by atoms with van der Waals surface area (Å²) in [5.41, 5.74) is 2.92. The quantitative estimate of drug-likeness (QED) is 0.306. The molecule has 2 aromatic carbocycles. The molecule has 0 aliphatic rings. The first kappa shape index (κ1) is 18.0. The van der Waals surface area contributed by atoms with Crippen molar-refractivity contribution in [2.75, 3.05) is 0 Å². The number of hydrogen-bond donors (Lipinski definition) is 0. The van der Waals surface area contributed by atoms with Crippen LogP contribution in [0.4, 0.5) is 5.69 Å². The largest absolute Gasteiger partial charge is 0.298 e. The highest BCUT2D eigenvalue weighted by Crippen LogP contribution is 2.37. The second-order valence-electron chi connectivity index (χ2n) is 6.48. The van der Waals surface area contributed by atoms with Crippen LogP contribution in [0.5, 0.6) is 0 Å². The number of fused-ring (bicyclic) bond motifs is 3. The summed E-state index contributed by atoms with van der Waals surface area (Å²) in [6, 6.07) is 12.3. The number of benzene rings is 2. The molecule has 0 N–H and O–H groups in total. The minimum absolute atomic E-state index is 0.166. The van der Waals surface area contributed by atoms with Crippen LogP contribution >= 0.6 is 11.6 Å². The predicted octanol–water partition coefficient (Wildman–Crippen LogP) is 4.86. The van der Waals surface area contributed by atoms with E-state index in [0.717, 1.165) is 5.56 Å². The molecule has 0 spiro atoms. The second kappa shape index (κ2) is 7.09. The number of aromatic nitrogens is 5. The Bertz CT molecular complexity index is 1440. The molecular weight excluding hydrogens is 404 g/mol. The van der Waals surface area contributed by atoms with E-state index in [1.807, 2.05) is 24.3 Å². The Hall–Kier alpha value is -4.04. The lowest BCUT2D eigenvalue weighted by Gasteiger charge is -2.06. The third kappa shape index (κ3) is 2.90. The first-order chi connectivity index (χ1) is 14.6. The molecule has 8 nitrogen and oxygen atoms in total. The van der Waals surface area contributed by atoms with Gasteiger partial charge < -0.3 is 0 Å². The molecule has 0 fully saturated rings. The molecule has 0 bridgehead atoms. The number of rotatable bonds is 3. The maximum absolute atomic E-state index is 11.7. The summed E-state index contributed by atoms with van der Waals surface area (Å²) >= 11 is 6.47. The molecule has 0 saturated heterocycles. The van der Waals surface area contributed by atoms with Crippen LogP contribution in [0.25, 0.3) is 44.3 Å². The van der Waals surface area contributed by atoms with Gasteiger partial charge in [-0.15, -0.1) is 5.10 Å². The van der Waals surface area contributed by atoms with E-state index in [-0.39, 0.29) is 11.2 Å². The highest BCUT2D eigenvalue weighted by molar-refractivity contribution is 6.33. The molecule has 144 valence electrons. The lowest BCUT2D eigenvalue weighted by Crippen LogP contribution is -1.92. The molecule has 0 radical (unpaired) electrons. The second-order valence-corrected chi connectivity index (χ2v) is 6.89. The molecule has 0 aliphatic carbocycles. The van der Waals surface area contributed by atoms with Crippen LogP contribution < -0.4 is 0 Å². The molecule has 3 heterocycles. The fraction of sp³-hybridized carbons (Fsp3) is 0. The highest BCUT2D eigenvalue weighted by atomic mass is 35.5. The van der Waals surface area contributed by atoms with Crippen molar-refractivity contribution in [3.05, 3.63) is 82.4 Å². The van der Waals surface area contributed by atoms with Gasteiger partial charge in [0.25, 0.3) is 5.69 Å². The maximum Gasteiger partial charge on any atom is 0.298 e. The van der Waals surface area contributed by atoms with Crippen LogP contribution in [0.3, 0.4) is 0 Å². The SMILES string of the molecule is O=[N+]([O-])c1cc2c(-c3ccccc3Cl)nc(-c3cccnc3)cnc2c2cnnc12. The zero-order chi connectivity index (χ0) is 20.7. The number of hydrogen-bond acceptors (Lipinski definition) is 7. The van der Waals surface area contributed by atoms with Crippen molar-refractivity contribution in [2.45, 2.75) is 0 Å². The summed E-state index contributed by atoms with van der Waals surface area (Å²) in [6.45, 7) is 0. The zero-order valence-electron chi connectivity index (χ0n) is 15.2. The monoisotopic (exact) mass is 414 g/mol. The number of nitro benzene ring substituents is 1. The summed E-state index contributed by atoms with van der Waals surface area (Å²) in [6.07, 6.45) is 6.42. The van der Waals surface area contributed by atoms with Gasteiger partial charge in [-0.05, 0) is 18.2 Å². The van der Waals surface area contributed by atoms with E-state index in [4.69, 9.17) is 16.6 Å². The molecule has 0 unspecified atom stereocenters. The molecule has 9 heteroatoms. The Morgan fingerprint density at radius 1 is 0.967 bits per heavy atom. The zero-order valence-corrected chi connectivity index (χ0v) is 16.0. The fourth-order valence-corrected chi connectivity index (χ4v) is 3.57. The van der Waals surface area contributed by atoms with E-state index in [1.165, 1.54) is 12.3 Å². The van der Waals surface area contributed by atoms with E-state index in [1.54, 1.807) is 30.7 Å². The van der Waals surface area contributed by atoms with Crippen molar-refractivity contribution in [1.29, 1.82) is 0 Å². The fourth-order valence-electron chi connectivity index (χ4n) is 3.35. The lowest BCUT2D eigenvalue weighted by molar-refractivity contribution is -0.383. The minimum Gasteiger partial charge on any atom is -0.264 e. The van der Waals surface area contributed by atoms with Gasteiger partial charge in [0.2, 0.25) is 0 Å². The Labute approximate surface area is 174 Å². The number of halogens is 1. The lowest BCUT2D eigenvalue weighted by atomic mass is 10.0. The van der Waals surface area contributed by atoms with Gasteiger partial charge in [0.15, 0.2) is 5.52 Å². The van der Waals surface area contributed by atoms with Crippen molar-refractivity contribution < 1.29 is 4.92 Å². The summed E-state index contributed by atoms with van der Waals surface area (Å²) in [5.74, 6) is 0. The molecular formula is C21H11ClN6O2. The van der Waals surface area contributed by atoms with Gasteiger partial charge in [0.1, 0.15) is 0 Å². The normalized spacial score (nSPS) is 11.1. The van der Waals surface area contributed by atoms with Gasteiger partial charge in [-0.2, -0.15) is 5.10 Å². The van der Waals surface area contributed by atoms with E-state index < -0.39 is 4.92 Å². The summed E-state index contributed by atoms with van der Waals surface area (Å²) in [4.78, 5) is 24.8. The Morgan fingerprint density at radius 3 is 2.60 bits per heavy atom. The van der Waals surface area contributed by atoms with Gasteiger partial charge in [0.05, 0.1) is 39.6 Å². The van der Waals surface area contributed by atoms with Crippen molar-refractivity contribution in [1.82, 2.24) is 25.1 Å². The molecule has 0 aliphatic heterocycles. The standard InChI is InChI=1S/C21H11ClN6O2/c22-16-6-2-1-5-13(16)20-14-8-18(28(29)30)21-15(10-25-27-21)19(14)24-11-17(26-20)12-4-3-7-23-9-12/h1-11H. The topological polar surface area (TPSA) is 108 Å². The van der Waals surface area contributed by atoms with E-state index in [9.17, 15) is 10.1 Å². The predicted molar refractivity (Wildman–Crippen MR) is 113 cm³/mol. The van der Waals surface area contributed by atoms with Crippen molar-refractivity contribution in [2.24, 2.45) is 0 Å². The van der Waals surface area contributed by atoms with Gasteiger partial charge >= 0.3 is 0 Å². The Kier molecular flexibility index (Phi) is 4.26. The Balaban J connectivity index is 1.98. The summed E-state index contributed by atoms with van der Waals surface area (Å²) in [7, 11) is 0. The Morgan fingerprint density at radius 2 is 1.83 bits per heavy atom. The summed E-state index contributed by atoms with van der Waals surface area (Å²) in [5, 5.41) is 20.9. The first-order valence-corrected chi connectivity index (χ1v) is 9.26. The number of pyridine rings is 1. The third-order valence-corrected chi connectivity index (χ3v) is 5.05. The van der Waals surface area contributed by atoms with Crippen molar-refractivity contribution >= 4 is 39.1 Å². The van der Waals surface area contributed by atoms with Crippen LogP contribution in [-0.4, -0.2) is 30.1 Å². The molecule has 0 amide bonds. The van der Waals surface area contributed by atoms with Crippen LogP contribution in [0.2, 0.25) is 5.02 Å². The number of nitro groups is 1. The molecule has 0 atom stereocenters. The maximum atomic E-state index is 11.7. The van der Waals surface area contributed by atoms with Crippen molar-refractivity contribution in [3.63, 3.8) is 0 Å². The van der Waals surface area contributed by atoms with Gasteiger partial charge in [-0.25, -0.2) is 4.98 Å². The van der Waals surface area contributed by atoms with E-state index in [2.05, 4.69) is 20.2 Å². The minimum atomic E-state index is -0.484. The average molecular weight is 415 g/mol. The molecule has 5 rings (SSSR count). The third-order valence-electron chi connectivity index (χ3n) is 4.72.